The fourth-order valence-electron chi connectivity index (χ4n) is 1.74. The quantitative estimate of drug-likeness (QED) is 0.844. The van der Waals surface area contributed by atoms with Gasteiger partial charge in [-0.3, -0.25) is 4.79 Å². The number of benzene rings is 1. The van der Waals surface area contributed by atoms with Crippen molar-refractivity contribution < 1.29 is 9.90 Å². The average Bonchev–Trinajstić information content (AvgIpc) is 2.91. The first-order valence-corrected chi connectivity index (χ1v) is 5.85. The third kappa shape index (κ3) is 3.14. The molecule has 0 saturated carbocycles. The van der Waals surface area contributed by atoms with Crippen molar-refractivity contribution >= 4 is 5.91 Å². The number of hydrogen-bond acceptors (Lipinski definition) is 5. The van der Waals surface area contributed by atoms with Crippen LogP contribution in [0.3, 0.4) is 0 Å². The number of aliphatic hydroxyl groups is 1. The molecule has 100 valence electrons. The van der Waals surface area contributed by atoms with Gasteiger partial charge in [0.05, 0.1) is 11.8 Å². The third-order valence-corrected chi connectivity index (χ3v) is 2.61. The molecule has 1 aromatic carbocycles. The molecule has 0 aliphatic rings. The van der Waals surface area contributed by atoms with Crippen molar-refractivity contribution in [1.82, 2.24) is 25.1 Å². The molecule has 0 saturated heterocycles. The van der Waals surface area contributed by atoms with Crippen molar-refractivity contribution in [1.29, 1.82) is 0 Å². The van der Waals surface area contributed by atoms with E-state index in [0.717, 1.165) is 5.69 Å². The summed E-state index contributed by atoms with van der Waals surface area (Å²) in [5.41, 5.74) is 1.33. The molecule has 19 heavy (non-hydrogen) atoms. The molecule has 1 N–H and O–H groups in total. The van der Waals surface area contributed by atoms with Crippen LogP contribution in [0.15, 0.2) is 30.6 Å². The number of carbonyl (C=O) groups is 1. The molecule has 1 heterocycles. The molecular weight excluding hydrogens is 246 g/mol. The lowest BCUT2D eigenvalue weighted by molar-refractivity contribution is 0.0703. The highest BCUT2D eigenvalue weighted by atomic mass is 16.3. The number of aromatic nitrogens is 4. The number of rotatable bonds is 4. The van der Waals surface area contributed by atoms with Crippen molar-refractivity contribution in [2.75, 3.05) is 13.6 Å². The number of hydrogen-bond donors (Lipinski definition) is 1. The van der Waals surface area contributed by atoms with Gasteiger partial charge in [-0.25, -0.2) is 4.68 Å². The Hall–Kier alpha value is -2.28. The number of likely N-dealkylation sites (N-methyl/N-ethyl adjacent to an activating group) is 1. The minimum Gasteiger partial charge on any atom is -0.392 e. The Morgan fingerprint density at radius 3 is 2.63 bits per heavy atom. The van der Waals surface area contributed by atoms with Gasteiger partial charge >= 0.3 is 0 Å². The molecular formula is C12H15N5O2. The van der Waals surface area contributed by atoms with Crippen molar-refractivity contribution in [2.24, 2.45) is 0 Å². The highest BCUT2D eigenvalue weighted by Gasteiger charge is 2.13. The molecule has 1 aromatic heterocycles. The summed E-state index contributed by atoms with van der Waals surface area (Å²) in [7, 11) is 1.66. The first-order chi connectivity index (χ1) is 9.08. The number of carbonyl (C=O) groups excluding carboxylic acids is 1. The van der Waals surface area contributed by atoms with Gasteiger partial charge in [-0.05, 0) is 41.6 Å². The highest BCUT2D eigenvalue weighted by molar-refractivity contribution is 5.94. The Bertz CT molecular complexity index is 536. The van der Waals surface area contributed by atoms with E-state index in [1.807, 2.05) is 0 Å². The fraction of sp³-hybridized carbons (Fsp3) is 0.333. The Morgan fingerprint density at radius 2 is 2.11 bits per heavy atom. The summed E-state index contributed by atoms with van der Waals surface area (Å²) in [6.45, 7) is 1.94. The van der Waals surface area contributed by atoms with Crippen LogP contribution in [0.1, 0.15) is 17.3 Å². The lowest BCUT2D eigenvalue weighted by Gasteiger charge is -2.18. The maximum absolute atomic E-state index is 12.0. The fourth-order valence-corrected chi connectivity index (χ4v) is 1.74. The first-order valence-electron chi connectivity index (χ1n) is 5.85. The van der Waals surface area contributed by atoms with E-state index >= 15 is 0 Å². The van der Waals surface area contributed by atoms with Crippen molar-refractivity contribution in [3.63, 3.8) is 0 Å². The lowest BCUT2D eigenvalue weighted by Crippen LogP contribution is -2.33. The summed E-state index contributed by atoms with van der Waals surface area (Å²) in [6, 6.07) is 6.94. The van der Waals surface area contributed by atoms with Gasteiger partial charge in [0.2, 0.25) is 0 Å². The lowest BCUT2D eigenvalue weighted by atomic mass is 10.2. The van der Waals surface area contributed by atoms with Crippen LogP contribution in [0.25, 0.3) is 5.69 Å². The second kappa shape index (κ2) is 5.57. The zero-order valence-corrected chi connectivity index (χ0v) is 10.8. The van der Waals surface area contributed by atoms with Gasteiger partial charge in [0.25, 0.3) is 5.91 Å². The van der Waals surface area contributed by atoms with E-state index in [1.165, 1.54) is 15.9 Å². The summed E-state index contributed by atoms with van der Waals surface area (Å²) >= 11 is 0. The summed E-state index contributed by atoms with van der Waals surface area (Å²) in [5, 5.41) is 20.1. The molecule has 2 aromatic rings. The van der Waals surface area contributed by atoms with E-state index < -0.39 is 6.10 Å². The third-order valence-electron chi connectivity index (χ3n) is 2.61. The van der Waals surface area contributed by atoms with E-state index in [4.69, 9.17) is 0 Å². The molecule has 0 aliphatic heterocycles. The predicted molar refractivity (Wildman–Crippen MR) is 67.8 cm³/mol. The molecule has 1 atom stereocenters. The van der Waals surface area contributed by atoms with Crippen molar-refractivity contribution in [2.45, 2.75) is 13.0 Å². The normalized spacial score (nSPS) is 12.2. The number of nitrogens with zero attached hydrogens (tertiary/aromatic N) is 5. The van der Waals surface area contributed by atoms with Gasteiger partial charge in [0.1, 0.15) is 6.33 Å². The first kappa shape index (κ1) is 13.2. The SMILES string of the molecule is CC(O)CN(C)C(=O)c1ccc(-n2cnnn2)cc1. The zero-order chi connectivity index (χ0) is 13.8. The molecule has 1 unspecified atom stereocenters. The van der Waals surface area contributed by atoms with Crippen LogP contribution in [0.4, 0.5) is 0 Å². The van der Waals surface area contributed by atoms with Gasteiger partial charge in [-0.2, -0.15) is 0 Å². The molecule has 0 spiro atoms. The summed E-state index contributed by atoms with van der Waals surface area (Å²) in [5.74, 6) is -0.135. The van der Waals surface area contributed by atoms with E-state index in [9.17, 15) is 9.90 Å². The predicted octanol–water partition coefficient (Wildman–Crippen LogP) is 0.115. The highest BCUT2D eigenvalue weighted by Crippen LogP contribution is 2.09. The summed E-state index contributed by atoms with van der Waals surface area (Å²) in [6.07, 6.45) is 0.936. The van der Waals surface area contributed by atoms with Crippen molar-refractivity contribution in [3.05, 3.63) is 36.2 Å². The van der Waals surface area contributed by atoms with Crippen LogP contribution in [0.2, 0.25) is 0 Å². The van der Waals surface area contributed by atoms with Crippen LogP contribution in [-0.4, -0.2) is 55.8 Å². The summed E-state index contributed by atoms with van der Waals surface area (Å²) in [4.78, 5) is 13.5. The second-order valence-electron chi connectivity index (χ2n) is 4.34. The Labute approximate surface area is 110 Å². The minimum atomic E-state index is -0.547. The van der Waals surface area contributed by atoms with E-state index in [0.29, 0.717) is 12.1 Å². The van der Waals surface area contributed by atoms with E-state index in [-0.39, 0.29) is 5.91 Å². The van der Waals surface area contributed by atoms with Gasteiger partial charge in [-0.15, -0.1) is 5.10 Å². The molecule has 7 heteroatoms. The molecule has 7 nitrogen and oxygen atoms in total. The zero-order valence-electron chi connectivity index (χ0n) is 10.8. The van der Waals surface area contributed by atoms with Crippen molar-refractivity contribution in [3.8, 4) is 5.69 Å². The molecule has 0 fully saturated rings. The topological polar surface area (TPSA) is 84.1 Å². The minimum absolute atomic E-state index is 0.135. The standard InChI is InChI=1S/C12H15N5O2/c1-9(18)7-16(2)12(19)10-3-5-11(6-4-10)17-8-13-14-15-17/h3-6,8-9,18H,7H2,1-2H3. The largest absolute Gasteiger partial charge is 0.392 e. The maximum Gasteiger partial charge on any atom is 0.253 e. The average molecular weight is 261 g/mol. The smallest absolute Gasteiger partial charge is 0.253 e. The van der Waals surface area contributed by atoms with E-state index in [1.54, 1.807) is 38.2 Å². The Morgan fingerprint density at radius 1 is 1.42 bits per heavy atom. The maximum atomic E-state index is 12.0. The number of aliphatic hydroxyl groups excluding tert-OH is 1. The second-order valence-corrected chi connectivity index (χ2v) is 4.34. The number of amides is 1. The van der Waals surface area contributed by atoms with Crippen LogP contribution >= 0.6 is 0 Å². The van der Waals surface area contributed by atoms with Gasteiger partial charge in [-0.1, -0.05) is 0 Å². The van der Waals surface area contributed by atoms with Crippen LogP contribution in [0.5, 0.6) is 0 Å². The van der Waals surface area contributed by atoms with Gasteiger partial charge in [0.15, 0.2) is 0 Å². The molecule has 0 aliphatic carbocycles. The molecule has 0 radical (unpaired) electrons. The number of tetrazole rings is 1. The van der Waals surface area contributed by atoms with Crippen LogP contribution < -0.4 is 0 Å². The van der Waals surface area contributed by atoms with Crippen LogP contribution in [0, 0.1) is 0 Å². The van der Waals surface area contributed by atoms with Gasteiger partial charge < -0.3 is 10.0 Å². The molecule has 2 rings (SSSR count). The molecule has 1 amide bonds. The summed E-state index contributed by atoms with van der Waals surface area (Å²) < 4.78 is 1.51. The Balaban J connectivity index is 2.12. The van der Waals surface area contributed by atoms with Gasteiger partial charge in [0, 0.05) is 19.2 Å². The van der Waals surface area contributed by atoms with E-state index in [2.05, 4.69) is 15.5 Å². The van der Waals surface area contributed by atoms with Crippen LogP contribution in [-0.2, 0) is 0 Å². The monoisotopic (exact) mass is 261 g/mol. The Kier molecular flexibility index (Phi) is 3.86. The molecule has 0 bridgehead atoms.